The number of benzene rings is 1. The highest BCUT2D eigenvalue weighted by atomic mass is 16.5. The normalized spacial score (nSPS) is 12.4. The van der Waals surface area contributed by atoms with Crippen molar-refractivity contribution in [1.29, 1.82) is 0 Å². The van der Waals surface area contributed by atoms with E-state index < -0.39 is 5.97 Å². The molecular formula is C19H31N2O4+. The van der Waals surface area contributed by atoms with Crippen molar-refractivity contribution in [3.05, 3.63) is 23.3 Å². The SMILES string of the molecule is CCOC(=O)c1cc(OC)cc(C)c1NC(=O)C(C)[N+](C)(CC)CC. The molecule has 0 aliphatic heterocycles. The van der Waals surface area contributed by atoms with Crippen LogP contribution in [0, 0.1) is 6.92 Å². The third kappa shape index (κ3) is 4.72. The molecule has 25 heavy (non-hydrogen) atoms. The first-order valence-corrected chi connectivity index (χ1v) is 8.74. The number of carbonyl (C=O) groups is 2. The molecule has 0 radical (unpaired) electrons. The lowest BCUT2D eigenvalue weighted by molar-refractivity contribution is -0.919. The lowest BCUT2D eigenvalue weighted by Gasteiger charge is -2.37. The van der Waals surface area contributed by atoms with Crippen LogP contribution in [0.25, 0.3) is 0 Å². The fourth-order valence-corrected chi connectivity index (χ4v) is 2.69. The molecular weight excluding hydrogens is 320 g/mol. The summed E-state index contributed by atoms with van der Waals surface area (Å²) in [5.41, 5.74) is 1.54. The second-order valence-electron chi connectivity index (χ2n) is 6.36. The van der Waals surface area contributed by atoms with Crippen molar-refractivity contribution >= 4 is 17.6 Å². The fourth-order valence-electron chi connectivity index (χ4n) is 2.69. The number of nitrogens with one attached hydrogen (secondary N) is 1. The maximum absolute atomic E-state index is 12.8. The van der Waals surface area contributed by atoms with Crippen molar-refractivity contribution in [3.8, 4) is 5.75 Å². The second-order valence-corrected chi connectivity index (χ2v) is 6.36. The lowest BCUT2D eigenvalue weighted by atomic mass is 10.1. The van der Waals surface area contributed by atoms with Crippen molar-refractivity contribution in [2.45, 2.75) is 40.7 Å². The van der Waals surface area contributed by atoms with E-state index in [2.05, 4.69) is 26.2 Å². The summed E-state index contributed by atoms with van der Waals surface area (Å²) >= 11 is 0. The van der Waals surface area contributed by atoms with Crippen molar-refractivity contribution in [1.82, 2.24) is 0 Å². The van der Waals surface area contributed by atoms with Gasteiger partial charge in [-0.15, -0.1) is 0 Å². The van der Waals surface area contributed by atoms with Gasteiger partial charge in [-0.05, 0) is 52.3 Å². The highest BCUT2D eigenvalue weighted by Crippen LogP contribution is 2.28. The summed E-state index contributed by atoms with van der Waals surface area (Å²) in [5, 5.41) is 2.93. The van der Waals surface area contributed by atoms with Gasteiger partial charge in [-0.25, -0.2) is 4.79 Å². The Morgan fingerprint density at radius 1 is 1.20 bits per heavy atom. The zero-order valence-electron chi connectivity index (χ0n) is 16.4. The topological polar surface area (TPSA) is 64.6 Å². The van der Waals surface area contributed by atoms with E-state index in [-0.39, 0.29) is 18.6 Å². The molecule has 1 unspecified atom stereocenters. The smallest absolute Gasteiger partial charge is 0.340 e. The van der Waals surface area contributed by atoms with E-state index in [9.17, 15) is 9.59 Å². The van der Waals surface area contributed by atoms with Gasteiger partial charge in [-0.3, -0.25) is 4.79 Å². The first kappa shape index (κ1) is 21.0. The molecule has 0 spiro atoms. The van der Waals surface area contributed by atoms with E-state index in [0.717, 1.165) is 18.7 Å². The lowest BCUT2D eigenvalue weighted by Crippen LogP contribution is -2.55. The number of esters is 1. The third-order valence-corrected chi connectivity index (χ3v) is 5.05. The quantitative estimate of drug-likeness (QED) is 0.578. The number of aryl methyl sites for hydroxylation is 1. The van der Waals surface area contributed by atoms with Crippen LogP contribution in [0.4, 0.5) is 5.69 Å². The Balaban J connectivity index is 3.24. The molecule has 0 fully saturated rings. The van der Waals surface area contributed by atoms with Crippen molar-refractivity contribution in [3.63, 3.8) is 0 Å². The van der Waals surface area contributed by atoms with Gasteiger partial charge in [0.25, 0.3) is 5.91 Å². The fraction of sp³-hybridized carbons (Fsp3) is 0.579. The maximum atomic E-state index is 12.8. The van der Waals surface area contributed by atoms with Crippen molar-refractivity contribution < 1.29 is 23.5 Å². The predicted octanol–water partition coefficient (Wildman–Crippen LogP) is 2.99. The van der Waals surface area contributed by atoms with Gasteiger partial charge < -0.3 is 19.3 Å². The molecule has 0 saturated heterocycles. The minimum Gasteiger partial charge on any atom is -0.497 e. The van der Waals surface area contributed by atoms with E-state index in [1.165, 1.54) is 7.11 Å². The van der Waals surface area contributed by atoms with Gasteiger partial charge in [0.05, 0.1) is 45.1 Å². The molecule has 6 heteroatoms. The summed E-state index contributed by atoms with van der Waals surface area (Å²) in [4.78, 5) is 25.1. The molecule has 0 heterocycles. The van der Waals surface area contributed by atoms with Gasteiger partial charge in [-0.2, -0.15) is 0 Å². The average Bonchev–Trinajstić information content (AvgIpc) is 2.61. The highest BCUT2D eigenvalue weighted by Gasteiger charge is 2.32. The molecule has 0 aromatic heterocycles. The number of amides is 1. The second kappa shape index (κ2) is 8.85. The maximum Gasteiger partial charge on any atom is 0.340 e. The molecule has 1 rings (SSSR count). The van der Waals surface area contributed by atoms with E-state index in [1.54, 1.807) is 19.1 Å². The van der Waals surface area contributed by atoms with Crippen LogP contribution < -0.4 is 10.1 Å². The molecule has 1 N–H and O–H groups in total. The Labute approximate surface area is 150 Å². The first-order chi connectivity index (χ1) is 11.7. The molecule has 0 aliphatic rings. The molecule has 0 aliphatic carbocycles. The zero-order chi connectivity index (χ0) is 19.2. The molecule has 6 nitrogen and oxygen atoms in total. The van der Waals surface area contributed by atoms with Crippen LogP contribution in [0.15, 0.2) is 12.1 Å². The number of anilines is 1. The Hall–Kier alpha value is -2.08. The summed E-state index contributed by atoms with van der Waals surface area (Å²) in [7, 11) is 3.59. The number of carbonyl (C=O) groups excluding carboxylic acids is 2. The van der Waals surface area contributed by atoms with Crippen LogP contribution in [0.2, 0.25) is 0 Å². The van der Waals surface area contributed by atoms with Crippen LogP contribution >= 0.6 is 0 Å². The molecule has 140 valence electrons. The molecule has 1 amide bonds. The summed E-state index contributed by atoms with van der Waals surface area (Å²) in [6.07, 6.45) is 0. The number of nitrogens with zero attached hydrogens (tertiary/aromatic N) is 1. The van der Waals surface area contributed by atoms with E-state index in [4.69, 9.17) is 9.47 Å². The minimum atomic E-state index is -0.476. The summed E-state index contributed by atoms with van der Waals surface area (Å²) < 4.78 is 11.0. The monoisotopic (exact) mass is 351 g/mol. The molecule has 1 aromatic carbocycles. The van der Waals surface area contributed by atoms with Crippen LogP contribution in [-0.4, -0.2) is 56.3 Å². The van der Waals surface area contributed by atoms with Crippen molar-refractivity contribution in [2.75, 3.05) is 39.2 Å². The van der Waals surface area contributed by atoms with Crippen molar-refractivity contribution in [2.24, 2.45) is 0 Å². The molecule has 1 atom stereocenters. The Morgan fingerprint density at radius 2 is 1.80 bits per heavy atom. The number of rotatable bonds is 8. The predicted molar refractivity (Wildman–Crippen MR) is 99.0 cm³/mol. The number of hydrogen-bond donors (Lipinski definition) is 1. The van der Waals surface area contributed by atoms with Gasteiger partial charge in [-0.1, -0.05) is 0 Å². The number of ether oxygens (including phenoxy) is 2. The van der Waals surface area contributed by atoms with Crippen LogP contribution in [0.3, 0.4) is 0 Å². The number of likely N-dealkylation sites (N-methyl/N-ethyl adjacent to an activating group) is 1. The van der Waals surface area contributed by atoms with Gasteiger partial charge in [0, 0.05) is 0 Å². The molecule has 0 saturated carbocycles. The summed E-state index contributed by atoms with van der Waals surface area (Å²) in [5.74, 6) is -0.0463. The van der Waals surface area contributed by atoms with Crippen LogP contribution in [-0.2, 0) is 9.53 Å². The van der Waals surface area contributed by atoms with E-state index >= 15 is 0 Å². The standard InChI is InChI=1S/C19H30N2O4/c1-8-21(6,9-2)14(5)18(22)20-17-13(4)11-15(24-7)12-16(17)19(23)25-10-3/h11-12,14H,8-10H2,1-7H3/p+1. The summed E-state index contributed by atoms with van der Waals surface area (Å²) in [6.45, 7) is 11.6. The van der Waals surface area contributed by atoms with Crippen LogP contribution in [0.5, 0.6) is 5.75 Å². The Kier molecular flexibility index (Phi) is 7.42. The number of quaternary nitrogens is 1. The average molecular weight is 351 g/mol. The first-order valence-electron chi connectivity index (χ1n) is 8.74. The number of methoxy groups -OCH3 is 1. The zero-order valence-corrected chi connectivity index (χ0v) is 16.4. The van der Waals surface area contributed by atoms with Gasteiger partial charge >= 0.3 is 5.97 Å². The minimum absolute atomic E-state index is 0.120. The Bertz CT molecular complexity index is 624. The largest absolute Gasteiger partial charge is 0.497 e. The third-order valence-electron chi connectivity index (χ3n) is 5.05. The van der Waals surface area contributed by atoms with Gasteiger partial charge in [0.1, 0.15) is 5.75 Å². The summed E-state index contributed by atoms with van der Waals surface area (Å²) in [6, 6.07) is 3.14. The van der Waals surface area contributed by atoms with Gasteiger partial charge in [0.15, 0.2) is 6.04 Å². The van der Waals surface area contributed by atoms with Crippen LogP contribution in [0.1, 0.15) is 43.6 Å². The van der Waals surface area contributed by atoms with E-state index in [1.807, 2.05) is 13.8 Å². The number of hydrogen-bond acceptors (Lipinski definition) is 4. The molecule has 1 aromatic rings. The highest BCUT2D eigenvalue weighted by molar-refractivity contribution is 6.03. The van der Waals surface area contributed by atoms with Gasteiger partial charge in [0.2, 0.25) is 0 Å². The Morgan fingerprint density at radius 3 is 2.28 bits per heavy atom. The van der Waals surface area contributed by atoms with E-state index in [0.29, 0.717) is 21.5 Å². The molecule has 0 bridgehead atoms.